The molecule has 6 rings (SSSR count). The van der Waals surface area contributed by atoms with E-state index in [1.807, 2.05) is 52.8 Å². The van der Waals surface area contributed by atoms with E-state index in [0.717, 1.165) is 98.9 Å². The first-order valence-electron chi connectivity index (χ1n) is 20.2. The van der Waals surface area contributed by atoms with Crippen LogP contribution in [0.4, 0.5) is 0 Å². The number of rotatable bonds is 12. The largest absolute Gasteiger partial charge is 2.00 e. The van der Waals surface area contributed by atoms with Gasteiger partial charge in [0.15, 0.2) is 0 Å². The first kappa shape index (κ1) is 44.1. The summed E-state index contributed by atoms with van der Waals surface area (Å²) in [4.78, 5) is 33.8. The van der Waals surface area contributed by atoms with Gasteiger partial charge in [0, 0.05) is 35.2 Å². The van der Waals surface area contributed by atoms with E-state index in [9.17, 15) is 15.0 Å². The maximum Gasteiger partial charge on any atom is 2.00 e. The van der Waals surface area contributed by atoms with E-state index in [2.05, 4.69) is 46.8 Å². The van der Waals surface area contributed by atoms with E-state index in [4.69, 9.17) is 24.7 Å². The molecule has 57 heavy (non-hydrogen) atoms. The summed E-state index contributed by atoms with van der Waals surface area (Å²) in [7, 11) is 0. The summed E-state index contributed by atoms with van der Waals surface area (Å²) in [6, 6.07) is 0. The van der Waals surface area contributed by atoms with Crippen LogP contribution in [0, 0.1) is 18.8 Å². The number of nitrogens with zero attached hydrogens (tertiary/aromatic N) is 4. The molecule has 1 aliphatic carbocycles. The van der Waals surface area contributed by atoms with Crippen LogP contribution >= 0.6 is 0 Å². The molecule has 0 aromatic carbocycles. The van der Waals surface area contributed by atoms with Gasteiger partial charge in [0.25, 0.3) is 0 Å². The third-order valence-corrected chi connectivity index (χ3v) is 12.1. The SMILES string of the molecule is CC(C)=CCC/C(C)=C/CC/C(C)=C/COC(=O)CC[C@@H]1C2=NC(=C(C)C3=NC(=CC4=NC(=Cc5[n-]c6c(c5C)=C([O-])CC=62)C(C)=C4C)C(C(C)O)=C3C)[C@H]1C.[Mg+2]. The minimum atomic E-state index is -0.737. The fourth-order valence-corrected chi connectivity index (χ4v) is 8.55. The van der Waals surface area contributed by atoms with Crippen molar-refractivity contribution in [1.82, 2.24) is 4.98 Å². The first-order valence-corrected chi connectivity index (χ1v) is 20.2. The van der Waals surface area contributed by atoms with Crippen LogP contribution in [0.25, 0.3) is 17.4 Å². The van der Waals surface area contributed by atoms with Gasteiger partial charge >= 0.3 is 29.0 Å². The maximum absolute atomic E-state index is 13.7. The number of carbonyl (C=O) groups excluding carboxylic acids is 1. The van der Waals surface area contributed by atoms with E-state index in [-0.39, 0.29) is 66.1 Å². The van der Waals surface area contributed by atoms with E-state index < -0.39 is 6.10 Å². The van der Waals surface area contributed by atoms with Crippen molar-refractivity contribution in [1.29, 1.82) is 0 Å². The number of ether oxygens (including phenoxy) is 1. The Morgan fingerprint density at radius 3 is 2.28 bits per heavy atom. The Morgan fingerprint density at radius 2 is 1.60 bits per heavy atom. The van der Waals surface area contributed by atoms with Gasteiger partial charge in [-0.15, -0.1) is 16.8 Å². The fraction of sp³-hybridized carbons (Fsp3) is 0.458. The molecule has 4 aliphatic heterocycles. The molecular formula is C48H58MgN4O4. The molecule has 296 valence electrons. The molecule has 0 saturated carbocycles. The molecule has 1 unspecified atom stereocenters. The molecule has 9 heteroatoms. The first-order chi connectivity index (χ1) is 26.6. The van der Waals surface area contributed by atoms with Crippen molar-refractivity contribution in [3.05, 3.63) is 108 Å². The Morgan fingerprint density at radius 1 is 0.912 bits per heavy atom. The number of aliphatic imine (C=N–C) groups is 3. The Kier molecular flexibility index (Phi) is 14.1. The molecule has 0 spiro atoms. The Bertz CT molecular complexity index is 2340. The van der Waals surface area contributed by atoms with Crippen molar-refractivity contribution in [3.63, 3.8) is 0 Å². The van der Waals surface area contributed by atoms with Crippen LogP contribution < -0.4 is 20.7 Å². The summed E-state index contributed by atoms with van der Waals surface area (Å²) in [5.41, 5.74) is 15.8. The standard InChI is InChI=1S/C48H59N4O4.Mg/c1-25(2)14-12-15-26(3)16-13-17-27(4)20-21-56-42(55)19-18-35-30(7)45-33(10)46-32(9)43(34(11)53)40(51-46)24-38-29(6)28(5)37(49-38)23-39-31(8)44-41(54)22-36(47(35)52-45)48(44)50-39;/h14,16,20,23-24,30,34-35,53H,12-13,15,17-19,21-22H2,1-11H3,(H-,49,50,51,52,54);/q-1;+2/p-1/b26-16+,27-20+;/t30-,34?,35-;/m0./s1. The number of aliphatic hydroxyl groups is 1. The summed E-state index contributed by atoms with van der Waals surface area (Å²) in [5.74, 6) is -0.410. The second-order valence-electron chi connectivity index (χ2n) is 16.5. The van der Waals surface area contributed by atoms with Crippen LogP contribution in [0.1, 0.15) is 125 Å². The molecule has 0 radical (unpaired) electrons. The summed E-state index contributed by atoms with van der Waals surface area (Å²) < 4.78 is 5.73. The summed E-state index contributed by atoms with van der Waals surface area (Å²) in [5, 5.41) is 26.0. The van der Waals surface area contributed by atoms with Crippen molar-refractivity contribution >= 4 is 63.6 Å². The van der Waals surface area contributed by atoms with Crippen molar-refractivity contribution in [2.75, 3.05) is 6.61 Å². The van der Waals surface area contributed by atoms with Crippen LogP contribution in [0.5, 0.6) is 0 Å². The van der Waals surface area contributed by atoms with Gasteiger partial charge in [-0.3, -0.25) is 9.79 Å². The molecule has 0 fully saturated rings. The quantitative estimate of drug-likeness (QED) is 0.134. The molecule has 8 bridgehead atoms. The number of esters is 1. The second kappa shape index (κ2) is 18.3. The van der Waals surface area contributed by atoms with Crippen LogP contribution in [0.3, 0.4) is 0 Å². The molecular weight excluding hydrogens is 721 g/mol. The zero-order valence-electron chi connectivity index (χ0n) is 35.9. The summed E-state index contributed by atoms with van der Waals surface area (Å²) >= 11 is 0. The van der Waals surface area contributed by atoms with E-state index in [1.54, 1.807) is 6.92 Å². The van der Waals surface area contributed by atoms with Gasteiger partial charge in [0.1, 0.15) is 6.61 Å². The predicted octanol–water partition coefficient (Wildman–Crippen LogP) is 7.50. The minimum Gasteiger partial charge on any atom is -0.875 e. The Balaban J connectivity index is 0.00000620. The average Bonchev–Trinajstić information content (AvgIpc) is 3.89. The van der Waals surface area contributed by atoms with Crippen LogP contribution in [0.2, 0.25) is 0 Å². The minimum absolute atomic E-state index is 0. The van der Waals surface area contributed by atoms with E-state index in [0.29, 0.717) is 22.7 Å². The van der Waals surface area contributed by atoms with Crippen LogP contribution in [0.15, 0.2) is 101 Å². The van der Waals surface area contributed by atoms with Gasteiger partial charge in [-0.25, -0.2) is 9.98 Å². The normalized spacial score (nSPS) is 21.1. The zero-order valence-corrected chi connectivity index (χ0v) is 37.4. The molecule has 1 aromatic heterocycles. The summed E-state index contributed by atoms with van der Waals surface area (Å²) in [6.45, 7) is 22.8. The van der Waals surface area contributed by atoms with Crippen molar-refractivity contribution < 1.29 is 19.7 Å². The number of aromatic nitrogens is 1. The number of hydrogen-bond acceptors (Lipinski definition) is 7. The third kappa shape index (κ3) is 9.16. The number of aliphatic hydroxyl groups excluding tert-OH is 1. The molecule has 8 nitrogen and oxygen atoms in total. The smallest absolute Gasteiger partial charge is 0.875 e. The molecule has 5 aliphatic rings. The molecule has 0 amide bonds. The van der Waals surface area contributed by atoms with Gasteiger partial charge in [0.2, 0.25) is 0 Å². The van der Waals surface area contributed by atoms with Gasteiger partial charge in [-0.05, 0) is 153 Å². The Labute approximate surface area is 355 Å². The molecule has 1 N–H and O–H groups in total. The van der Waals surface area contributed by atoms with E-state index in [1.165, 1.54) is 16.7 Å². The van der Waals surface area contributed by atoms with Crippen molar-refractivity contribution in [3.8, 4) is 0 Å². The summed E-state index contributed by atoms with van der Waals surface area (Å²) in [6.07, 6.45) is 14.8. The molecule has 0 saturated heterocycles. The number of carbonyl (C=O) groups is 1. The topological polar surface area (TPSA) is 121 Å². The van der Waals surface area contributed by atoms with Crippen LogP contribution in [-0.2, 0) is 9.53 Å². The Hall–Kier alpha value is -4.05. The predicted molar refractivity (Wildman–Crippen MR) is 233 cm³/mol. The fourth-order valence-electron chi connectivity index (χ4n) is 8.55. The van der Waals surface area contributed by atoms with Crippen molar-refractivity contribution in [2.45, 2.75) is 127 Å². The van der Waals surface area contributed by atoms with Crippen molar-refractivity contribution in [2.24, 2.45) is 26.8 Å². The molecule has 5 heterocycles. The second-order valence-corrected chi connectivity index (χ2v) is 16.5. The molecule has 3 atom stereocenters. The third-order valence-electron chi connectivity index (χ3n) is 12.1. The van der Waals surface area contributed by atoms with Gasteiger partial charge < -0.3 is 19.9 Å². The maximum atomic E-state index is 13.7. The molecule has 1 aromatic rings. The average molecular weight is 779 g/mol. The number of hydrogen-bond donors (Lipinski definition) is 1. The van der Waals surface area contributed by atoms with Gasteiger partial charge in [0.05, 0.1) is 28.9 Å². The monoisotopic (exact) mass is 778 g/mol. The van der Waals surface area contributed by atoms with Gasteiger partial charge in [-0.1, -0.05) is 47.4 Å². The zero-order chi connectivity index (χ0) is 40.6. The number of allylic oxidation sites excluding steroid dienone is 11. The van der Waals surface area contributed by atoms with Gasteiger partial charge in [-0.2, -0.15) is 0 Å². The van der Waals surface area contributed by atoms with E-state index >= 15 is 0 Å². The number of fused-ring (bicyclic) bond motifs is 5. The van der Waals surface area contributed by atoms with Crippen LogP contribution in [-0.4, -0.2) is 64.0 Å².